The molecule has 0 radical (unpaired) electrons. The molecule has 0 saturated heterocycles. The zero-order valence-corrected chi connectivity index (χ0v) is 14.8. The van der Waals surface area contributed by atoms with Crippen molar-refractivity contribution in [1.82, 2.24) is 5.32 Å². The van der Waals surface area contributed by atoms with Crippen molar-refractivity contribution in [3.05, 3.63) is 35.9 Å². The van der Waals surface area contributed by atoms with Crippen LogP contribution in [0.3, 0.4) is 0 Å². The van der Waals surface area contributed by atoms with E-state index in [1.54, 1.807) is 20.8 Å². The molecular formula is C18H27NO5. The Morgan fingerprint density at radius 3 is 2.08 bits per heavy atom. The van der Waals surface area contributed by atoms with Crippen LogP contribution < -0.4 is 5.32 Å². The molecule has 6 heteroatoms. The molecule has 0 fully saturated rings. The Morgan fingerprint density at radius 2 is 1.54 bits per heavy atom. The number of hydrogen-bond acceptors (Lipinski definition) is 6. The van der Waals surface area contributed by atoms with Crippen molar-refractivity contribution < 1.29 is 23.8 Å². The van der Waals surface area contributed by atoms with Crippen LogP contribution in [0.15, 0.2) is 30.3 Å². The fourth-order valence-electron chi connectivity index (χ4n) is 2.33. The first-order chi connectivity index (χ1) is 11.5. The summed E-state index contributed by atoms with van der Waals surface area (Å²) in [6.45, 7) is 7.91. The second-order valence-corrected chi connectivity index (χ2v) is 5.16. The molecule has 0 amide bonds. The van der Waals surface area contributed by atoms with E-state index in [4.69, 9.17) is 14.2 Å². The molecule has 0 unspecified atom stereocenters. The molecule has 0 aliphatic rings. The largest absolute Gasteiger partial charge is 0.465 e. The second-order valence-electron chi connectivity index (χ2n) is 5.16. The third-order valence-electron chi connectivity index (χ3n) is 3.40. The van der Waals surface area contributed by atoms with Gasteiger partial charge in [0.1, 0.15) is 6.04 Å². The average molecular weight is 337 g/mol. The van der Waals surface area contributed by atoms with Crippen LogP contribution in [0.25, 0.3) is 0 Å². The average Bonchev–Trinajstić information content (AvgIpc) is 2.59. The molecule has 24 heavy (non-hydrogen) atoms. The fraction of sp³-hybridized carbons (Fsp3) is 0.556. The molecule has 0 aliphatic heterocycles. The molecule has 1 aromatic carbocycles. The number of hydrogen-bond donors (Lipinski definition) is 1. The fourth-order valence-corrected chi connectivity index (χ4v) is 2.33. The van der Waals surface area contributed by atoms with Crippen LogP contribution in [0.5, 0.6) is 0 Å². The summed E-state index contributed by atoms with van der Waals surface area (Å²) >= 11 is 0. The lowest BCUT2D eigenvalue weighted by molar-refractivity contribution is -0.160. The van der Waals surface area contributed by atoms with E-state index in [0.717, 1.165) is 5.56 Å². The molecule has 0 spiro atoms. The predicted octanol–water partition coefficient (Wildman–Crippen LogP) is 2.24. The van der Waals surface area contributed by atoms with Crippen LogP contribution in [-0.4, -0.2) is 43.9 Å². The molecule has 0 heterocycles. The molecule has 0 aliphatic carbocycles. The lowest BCUT2D eigenvalue weighted by atomic mass is 10.00. The number of ether oxygens (including phenoxy) is 3. The van der Waals surface area contributed by atoms with Gasteiger partial charge in [0.25, 0.3) is 0 Å². The van der Waals surface area contributed by atoms with E-state index in [1.165, 1.54) is 0 Å². The van der Waals surface area contributed by atoms with Gasteiger partial charge >= 0.3 is 11.9 Å². The summed E-state index contributed by atoms with van der Waals surface area (Å²) in [6, 6.07) is 8.26. The first-order valence-corrected chi connectivity index (χ1v) is 8.30. The van der Waals surface area contributed by atoms with E-state index in [-0.39, 0.29) is 12.6 Å². The zero-order valence-electron chi connectivity index (χ0n) is 14.8. The number of rotatable bonds is 10. The van der Waals surface area contributed by atoms with Gasteiger partial charge in [-0.3, -0.25) is 10.1 Å². The minimum Gasteiger partial charge on any atom is -0.465 e. The summed E-state index contributed by atoms with van der Waals surface area (Å²) in [5.41, 5.74) is 0.833. The lowest BCUT2D eigenvalue weighted by Crippen LogP contribution is -2.46. The number of esters is 2. The maximum Gasteiger partial charge on any atom is 0.337 e. The number of carbonyl (C=O) groups excluding carboxylic acids is 2. The first-order valence-electron chi connectivity index (χ1n) is 8.30. The van der Waals surface area contributed by atoms with E-state index in [9.17, 15) is 9.59 Å². The summed E-state index contributed by atoms with van der Waals surface area (Å²) in [4.78, 5) is 24.3. The van der Waals surface area contributed by atoms with Gasteiger partial charge in [-0.25, -0.2) is 4.79 Å². The van der Waals surface area contributed by atoms with Gasteiger partial charge in [-0.2, -0.15) is 0 Å². The van der Waals surface area contributed by atoms with Crippen molar-refractivity contribution in [3.8, 4) is 0 Å². The van der Waals surface area contributed by atoms with Crippen molar-refractivity contribution in [2.75, 3.05) is 19.8 Å². The second kappa shape index (κ2) is 10.8. The summed E-state index contributed by atoms with van der Waals surface area (Å²) in [7, 11) is 0. The Labute approximate surface area is 143 Å². The number of nitrogens with one attached hydrogen (secondary N) is 1. The van der Waals surface area contributed by atoms with Gasteiger partial charge in [-0.15, -0.1) is 0 Å². The topological polar surface area (TPSA) is 73.9 Å². The van der Waals surface area contributed by atoms with Gasteiger partial charge in [0.15, 0.2) is 6.10 Å². The molecule has 1 aromatic rings. The highest BCUT2D eigenvalue weighted by Gasteiger charge is 2.33. The maximum atomic E-state index is 12.3. The van der Waals surface area contributed by atoms with Crippen molar-refractivity contribution in [2.45, 2.75) is 45.9 Å². The monoisotopic (exact) mass is 337 g/mol. The number of benzene rings is 1. The molecule has 6 nitrogen and oxygen atoms in total. The van der Waals surface area contributed by atoms with Crippen LogP contribution in [0, 0.1) is 0 Å². The Bertz CT molecular complexity index is 505. The van der Waals surface area contributed by atoms with Gasteiger partial charge < -0.3 is 14.2 Å². The highest BCUT2D eigenvalue weighted by atomic mass is 16.6. The number of carbonyl (C=O) groups is 2. The molecule has 3 atom stereocenters. The van der Waals surface area contributed by atoms with Gasteiger partial charge in [0.2, 0.25) is 0 Å². The van der Waals surface area contributed by atoms with Crippen molar-refractivity contribution in [1.29, 1.82) is 0 Å². The van der Waals surface area contributed by atoms with Gasteiger partial charge in [-0.05, 0) is 33.3 Å². The molecule has 0 saturated carbocycles. The van der Waals surface area contributed by atoms with E-state index in [2.05, 4.69) is 5.32 Å². The molecule has 1 N–H and O–H groups in total. The quantitative estimate of drug-likeness (QED) is 0.660. The Hall–Kier alpha value is -1.92. The summed E-state index contributed by atoms with van der Waals surface area (Å²) in [5.74, 6) is -0.839. The highest BCUT2D eigenvalue weighted by molar-refractivity contribution is 5.77. The van der Waals surface area contributed by atoms with Crippen LogP contribution in [-0.2, 0) is 23.8 Å². The van der Waals surface area contributed by atoms with Crippen molar-refractivity contribution in [3.63, 3.8) is 0 Å². The van der Waals surface area contributed by atoms with Gasteiger partial charge in [0, 0.05) is 6.61 Å². The molecule has 134 valence electrons. The van der Waals surface area contributed by atoms with Crippen molar-refractivity contribution >= 4 is 11.9 Å². The summed E-state index contributed by atoms with van der Waals surface area (Å²) in [5, 5.41) is 3.14. The van der Waals surface area contributed by atoms with Gasteiger partial charge in [-0.1, -0.05) is 30.3 Å². The van der Waals surface area contributed by atoms with Crippen LogP contribution >= 0.6 is 0 Å². The normalized spacial score (nSPS) is 14.5. The molecular weight excluding hydrogens is 310 g/mol. The highest BCUT2D eigenvalue weighted by Crippen LogP contribution is 2.22. The van der Waals surface area contributed by atoms with E-state index in [0.29, 0.717) is 13.2 Å². The van der Waals surface area contributed by atoms with Crippen LogP contribution in [0.1, 0.15) is 39.3 Å². The van der Waals surface area contributed by atoms with Crippen LogP contribution in [0.2, 0.25) is 0 Å². The molecule has 1 rings (SSSR count). The third kappa shape index (κ3) is 5.94. The minimum absolute atomic E-state index is 0.261. The Kier molecular flexibility index (Phi) is 9.04. The first kappa shape index (κ1) is 20.1. The summed E-state index contributed by atoms with van der Waals surface area (Å²) < 4.78 is 15.8. The molecule has 0 bridgehead atoms. The zero-order chi connectivity index (χ0) is 17.9. The smallest absolute Gasteiger partial charge is 0.337 e. The third-order valence-corrected chi connectivity index (χ3v) is 3.40. The standard InChI is InChI=1S/C18H27NO5/c1-5-22-16(18(21)24-7-3)15(14-11-9-8-10-12-14)19-13(4)17(20)23-6-2/h8-13,15-16,19H,5-7H2,1-4H3/t13-,15+,16-/m0/s1. The van der Waals surface area contributed by atoms with Gasteiger partial charge in [0.05, 0.1) is 19.3 Å². The molecule has 0 aromatic heterocycles. The van der Waals surface area contributed by atoms with Crippen LogP contribution in [0.4, 0.5) is 0 Å². The maximum absolute atomic E-state index is 12.3. The predicted molar refractivity (Wildman–Crippen MR) is 90.5 cm³/mol. The van der Waals surface area contributed by atoms with E-state index < -0.39 is 24.2 Å². The lowest BCUT2D eigenvalue weighted by Gasteiger charge is -2.29. The Morgan fingerprint density at radius 1 is 0.958 bits per heavy atom. The van der Waals surface area contributed by atoms with E-state index in [1.807, 2.05) is 37.3 Å². The summed E-state index contributed by atoms with van der Waals surface area (Å²) in [6.07, 6.45) is -0.853. The van der Waals surface area contributed by atoms with E-state index >= 15 is 0 Å². The Balaban J connectivity index is 3.07. The van der Waals surface area contributed by atoms with Crippen molar-refractivity contribution in [2.24, 2.45) is 0 Å². The minimum atomic E-state index is -0.853. The SMILES string of the molecule is CCOC(=O)[C@H](C)N[C@H](c1ccccc1)[C@H](OCC)C(=O)OCC.